The molecule has 26 heavy (non-hydrogen) atoms. The summed E-state index contributed by atoms with van der Waals surface area (Å²) in [7, 11) is 0. The van der Waals surface area contributed by atoms with E-state index in [0.29, 0.717) is 37.9 Å². The SMILES string of the molecule is CC(=N)c1ccc(Nc2cc(-c3cc(Cl)cc(Cl)c3Cl)nc(N)n2)cc1. The molecule has 0 aliphatic heterocycles. The van der Waals surface area contributed by atoms with Crippen molar-refractivity contribution in [3.05, 3.63) is 63.1 Å². The summed E-state index contributed by atoms with van der Waals surface area (Å²) in [5.41, 5.74) is 9.05. The number of benzene rings is 2. The maximum absolute atomic E-state index is 7.64. The molecule has 4 N–H and O–H groups in total. The molecule has 0 saturated heterocycles. The number of anilines is 3. The van der Waals surface area contributed by atoms with Gasteiger partial charge in [0.05, 0.1) is 15.7 Å². The smallest absolute Gasteiger partial charge is 0.222 e. The quantitative estimate of drug-likeness (QED) is 0.376. The third-order valence-corrected chi connectivity index (χ3v) is 4.62. The number of nitrogens with zero attached hydrogens (tertiary/aromatic N) is 2. The Morgan fingerprint density at radius 3 is 2.38 bits per heavy atom. The van der Waals surface area contributed by atoms with E-state index in [4.69, 9.17) is 45.9 Å². The minimum absolute atomic E-state index is 0.0871. The number of aromatic nitrogens is 2. The minimum Gasteiger partial charge on any atom is -0.368 e. The highest BCUT2D eigenvalue weighted by molar-refractivity contribution is 6.45. The Bertz CT molecular complexity index is 987. The summed E-state index contributed by atoms with van der Waals surface area (Å²) in [5, 5.41) is 11.9. The summed E-state index contributed by atoms with van der Waals surface area (Å²) in [4.78, 5) is 8.41. The molecule has 1 aromatic heterocycles. The molecule has 0 radical (unpaired) electrons. The highest BCUT2D eigenvalue weighted by Crippen LogP contribution is 2.36. The monoisotopic (exact) mass is 405 g/mol. The van der Waals surface area contributed by atoms with Gasteiger partial charge in [0, 0.05) is 28.1 Å². The fraction of sp³-hybridized carbons (Fsp3) is 0.0556. The molecule has 0 fully saturated rings. The second-order valence-electron chi connectivity index (χ2n) is 5.57. The Labute approximate surface area is 165 Å². The van der Waals surface area contributed by atoms with Gasteiger partial charge in [-0.25, -0.2) is 4.98 Å². The van der Waals surface area contributed by atoms with Crippen LogP contribution in [0.3, 0.4) is 0 Å². The van der Waals surface area contributed by atoms with Crippen LogP contribution in [0.25, 0.3) is 11.3 Å². The summed E-state index contributed by atoms with van der Waals surface area (Å²) < 4.78 is 0. The first-order chi connectivity index (χ1) is 12.3. The molecule has 1 heterocycles. The van der Waals surface area contributed by atoms with Gasteiger partial charge in [-0.2, -0.15) is 4.98 Å². The average molecular weight is 407 g/mol. The Morgan fingerprint density at radius 1 is 1.04 bits per heavy atom. The van der Waals surface area contributed by atoms with E-state index in [1.165, 1.54) is 0 Å². The van der Waals surface area contributed by atoms with Crippen molar-refractivity contribution < 1.29 is 0 Å². The van der Waals surface area contributed by atoms with Gasteiger partial charge in [-0.3, -0.25) is 0 Å². The van der Waals surface area contributed by atoms with Crippen LogP contribution in [-0.2, 0) is 0 Å². The normalized spacial score (nSPS) is 10.6. The van der Waals surface area contributed by atoms with Crippen molar-refractivity contribution >= 4 is 58.0 Å². The zero-order valence-electron chi connectivity index (χ0n) is 13.6. The lowest BCUT2D eigenvalue weighted by Gasteiger charge is -2.11. The lowest BCUT2D eigenvalue weighted by Crippen LogP contribution is -2.02. The average Bonchev–Trinajstić information content (AvgIpc) is 2.58. The first kappa shape index (κ1) is 18.5. The Morgan fingerprint density at radius 2 is 1.73 bits per heavy atom. The number of hydrogen-bond acceptors (Lipinski definition) is 5. The second kappa shape index (κ2) is 7.50. The third-order valence-electron chi connectivity index (χ3n) is 3.60. The molecule has 132 valence electrons. The standard InChI is InChI=1S/C18H14Cl3N5/c1-9(22)10-2-4-12(5-3-10)24-16-8-15(25-18(23)26-16)13-6-11(19)7-14(20)17(13)21/h2-8,22H,1H3,(H3,23,24,25,26). The van der Waals surface area contributed by atoms with Gasteiger partial charge in [0.1, 0.15) is 5.82 Å². The van der Waals surface area contributed by atoms with Crippen LogP contribution >= 0.6 is 34.8 Å². The van der Waals surface area contributed by atoms with Gasteiger partial charge in [0.15, 0.2) is 0 Å². The van der Waals surface area contributed by atoms with Crippen molar-refractivity contribution in [2.45, 2.75) is 6.92 Å². The van der Waals surface area contributed by atoms with E-state index in [9.17, 15) is 0 Å². The van der Waals surface area contributed by atoms with E-state index >= 15 is 0 Å². The fourth-order valence-electron chi connectivity index (χ4n) is 2.36. The van der Waals surface area contributed by atoms with E-state index < -0.39 is 0 Å². The van der Waals surface area contributed by atoms with Gasteiger partial charge in [0.2, 0.25) is 5.95 Å². The number of nitrogens with two attached hydrogens (primary N) is 1. The molecular weight excluding hydrogens is 393 g/mol. The van der Waals surface area contributed by atoms with Crippen LogP contribution in [0, 0.1) is 5.41 Å². The largest absolute Gasteiger partial charge is 0.368 e. The third kappa shape index (κ3) is 4.07. The molecule has 0 aliphatic carbocycles. The van der Waals surface area contributed by atoms with E-state index in [1.807, 2.05) is 24.3 Å². The molecule has 3 rings (SSSR count). The minimum atomic E-state index is 0.0871. The number of halogens is 3. The molecule has 0 atom stereocenters. The van der Waals surface area contributed by atoms with Crippen molar-refractivity contribution in [1.82, 2.24) is 9.97 Å². The number of rotatable bonds is 4. The van der Waals surface area contributed by atoms with E-state index in [-0.39, 0.29) is 5.95 Å². The number of hydrogen-bond donors (Lipinski definition) is 3. The first-order valence-corrected chi connectivity index (χ1v) is 8.69. The highest BCUT2D eigenvalue weighted by Gasteiger charge is 2.13. The Balaban J connectivity index is 1.97. The van der Waals surface area contributed by atoms with E-state index in [1.54, 1.807) is 25.1 Å². The van der Waals surface area contributed by atoms with Crippen molar-refractivity contribution in [1.29, 1.82) is 5.41 Å². The lowest BCUT2D eigenvalue weighted by molar-refractivity contribution is 1.19. The van der Waals surface area contributed by atoms with E-state index in [2.05, 4.69) is 15.3 Å². The molecule has 3 aromatic rings. The summed E-state index contributed by atoms with van der Waals surface area (Å²) >= 11 is 18.4. The van der Waals surface area contributed by atoms with Crippen LogP contribution in [-0.4, -0.2) is 15.7 Å². The topological polar surface area (TPSA) is 87.7 Å². The van der Waals surface area contributed by atoms with Crippen LogP contribution < -0.4 is 11.1 Å². The predicted octanol–water partition coefficient (Wildman–Crippen LogP) is 5.82. The highest BCUT2D eigenvalue weighted by atomic mass is 35.5. The summed E-state index contributed by atoms with van der Waals surface area (Å²) in [6.45, 7) is 1.74. The summed E-state index contributed by atoms with van der Waals surface area (Å²) in [6, 6.07) is 12.4. The van der Waals surface area contributed by atoms with Crippen LogP contribution in [0.2, 0.25) is 15.1 Å². The van der Waals surface area contributed by atoms with Gasteiger partial charge in [0.25, 0.3) is 0 Å². The van der Waals surface area contributed by atoms with Crippen LogP contribution in [0.15, 0.2) is 42.5 Å². The number of nitrogen functional groups attached to an aromatic ring is 1. The van der Waals surface area contributed by atoms with Gasteiger partial charge in [-0.15, -0.1) is 0 Å². The molecule has 8 heteroatoms. The fourth-order valence-corrected chi connectivity index (χ4v) is 3.06. The van der Waals surface area contributed by atoms with Crippen LogP contribution in [0.5, 0.6) is 0 Å². The molecule has 2 aromatic carbocycles. The Hall–Kier alpha value is -2.34. The molecular formula is C18H14Cl3N5. The molecule has 0 spiro atoms. The van der Waals surface area contributed by atoms with Crippen molar-refractivity contribution in [2.24, 2.45) is 0 Å². The van der Waals surface area contributed by atoms with Crippen molar-refractivity contribution in [3.63, 3.8) is 0 Å². The summed E-state index contributed by atoms with van der Waals surface area (Å²) in [6.07, 6.45) is 0. The van der Waals surface area contributed by atoms with Gasteiger partial charge >= 0.3 is 0 Å². The number of nitrogens with one attached hydrogen (secondary N) is 2. The van der Waals surface area contributed by atoms with Gasteiger partial charge in [-0.1, -0.05) is 46.9 Å². The molecule has 0 saturated carbocycles. The van der Waals surface area contributed by atoms with Crippen LogP contribution in [0.1, 0.15) is 12.5 Å². The van der Waals surface area contributed by atoms with E-state index in [0.717, 1.165) is 11.3 Å². The second-order valence-corrected chi connectivity index (χ2v) is 6.79. The van der Waals surface area contributed by atoms with Gasteiger partial charge in [-0.05, 0) is 36.8 Å². The van der Waals surface area contributed by atoms with Crippen molar-refractivity contribution in [2.75, 3.05) is 11.1 Å². The first-order valence-electron chi connectivity index (χ1n) is 7.55. The molecule has 0 aliphatic rings. The van der Waals surface area contributed by atoms with Gasteiger partial charge < -0.3 is 16.5 Å². The molecule has 0 bridgehead atoms. The molecule has 5 nitrogen and oxygen atoms in total. The van der Waals surface area contributed by atoms with Crippen molar-refractivity contribution in [3.8, 4) is 11.3 Å². The maximum Gasteiger partial charge on any atom is 0.222 e. The lowest BCUT2D eigenvalue weighted by atomic mass is 10.1. The Kier molecular flexibility index (Phi) is 5.32. The zero-order chi connectivity index (χ0) is 18.8. The molecule has 0 unspecified atom stereocenters. The molecule has 0 amide bonds. The zero-order valence-corrected chi connectivity index (χ0v) is 15.9. The summed E-state index contributed by atoms with van der Waals surface area (Å²) in [5.74, 6) is 0.586. The maximum atomic E-state index is 7.64. The predicted molar refractivity (Wildman–Crippen MR) is 109 cm³/mol. The van der Waals surface area contributed by atoms with Crippen LogP contribution in [0.4, 0.5) is 17.5 Å².